The number of aromatic nitrogens is 2. The van der Waals surface area contributed by atoms with Crippen LogP contribution >= 0.6 is 23.1 Å². The van der Waals surface area contributed by atoms with Crippen LogP contribution in [-0.4, -0.2) is 34.3 Å². The van der Waals surface area contributed by atoms with Gasteiger partial charge in [0.25, 0.3) is 5.56 Å². The molecule has 3 aromatic rings. The van der Waals surface area contributed by atoms with E-state index in [1.165, 1.54) is 35.1 Å². The number of aromatic carboxylic acids is 1. The van der Waals surface area contributed by atoms with E-state index in [2.05, 4.69) is 16.9 Å². The average Bonchev–Trinajstić information content (AvgIpc) is 3.21. The van der Waals surface area contributed by atoms with E-state index in [0.29, 0.717) is 27.5 Å². The molecule has 1 aromatic carbocycles. The Labute approximate surface area is 192 Å². The number of aryl methyl sites for hydroxylation is 1. The highest BCUT2D eigenvalue weighted by Gasteiger charge is 2.15. The summed E-state index contributed by atoms with van der Waals surface area (Å²) in [6, 6.07) is 6.45. The summed E-state index contributed by atoms with van der Waals surface area (Å²) in [6.07, 6.45) is 2.43. The largest absolute Gasteiger partial charge is 0.545 e. The molecule has 2 aromatic heterocycles. The van der Waals surface area contributed by atoms with Gasteiger partial charge in [-0.1, -0.05) is 30.8 Å². The first-order valence-corrected chi connectivity index (χ1v) is 11.6. The van der Waals surface area contributed by atoms with Gasteiger partial charge in [0.05, 0.1) is 24.2 Å². The van der Waals surface area contributed by atoms with Gasteiger partial charge in [-0.3, -0.25) is 14.2 Å². The van der Waals surface area contributed by atoms with E-state index in [4.69, 9.17) is 4.74 Å². The number of methoxy groups -OCH3 is 1. The third-order valence-electron chi connectivity index (χ3n) is 4.63. The highest BCUT2D eigenvalue weighted by Crippen LogP contribution is 2.25. The molecule has 0 radical (unpaired) electrons. The molecule has 0 unspecified atom stereocenters. The number of thiophene rings is 1. The quantitative estimate of drug-likeness (QED) is 0.273. The number of ether oxygens (including phenoxy) is 1. The zero-order valence-corrected chi connectivity index (χ0v) is 19.3. The van der Waals surface area contributed by atoms with Crippen LogP contribution in [0.2, 0.25) is 0 Å². The van der Waals surface area contributed by atoms with Crippen LogP contribution in [0, 0.1) is 0 Å². The van der Waals surface area contributed by atoms with Crippen LogP contribution in [-0.2, 0) is 24.3 Å². The fourth-order valence-electron chi connectivity index (χ4n) is 3.03. The number of allylic oxidation sites excluding steroid dienone is 1. The number of amides is 1. The summed E-state index contributed by atoms with van der Waals surface area (Å²) in [6.45, 7) is 6.15. The van der Waals surface area contributed by atoms with E-state index in [1.807, 2.05) is 13.0 Å². The summed E-state index contributed by atoms with van der Waals surface area (Å²) in [7, 11) is 1.37. The second-order valence-corrected chi connectivity index (χ2v) is 8.83. The van der Waals surface area contributed by atoms with E-state index in [1.54, 1.807) is 12.1 Å². The van der Waals surface area contributed by atoms with Crippen LogP contribution in [0.4, 0.5) is 0 Å². The summed E-state index contributed by atoms with van der Waals surface area (Å²) in [5.41, 5.74) is 0.362. The van der Waals surface area contributed by atoms with Gasteiger partial charge in [-0.25, -0.2) is 4.98 Å². The Hall–Kier alpha value is -3.11. The lowest BCUT2D eigenvalue weighted by molar-refractivity contribution is -0.255. The number of carboxylic acid groups (broad SMARTS) is 1. The topological polar surface area (TPSA) is 113 Å². The van der Waals surface area contributed by atoms with E-state index >= 15 is 0 Å². The van der Waals surface area contributed by atoms with Gasteiger partial charge in [-0.15, -0.1) is 17.9 Å². The van der Waals surface area contributed by atoms with Gasteiger partial charge in [-0.2, -0.15) is 0 Å². The lowest BCUT2D eigenvalue weighted by Gasteiger charge is -2.12. The predicted octanol–water partition coefficient (Wildman–Crippen LogP) is 1.99. The zero-order valence-electron chi connectivity index (χ0n) is 17.7. The van der Waals surface area contributed by atoms with E-state index in [0.717, 1.165) is 23.1 Å². The molecule has 0 atom stereocenters. The number of nitrogens with zero attached hydrogens (tertiary/aromatic N) is 2. The van der Waals surface area contributed by atoms with Crippen LogP contribution in [0.1, 0.15) is 27.7 Å². The summed E-state index contributed by atoms with van der Waals surface area (Å²) < 4.78 is 6.51. The summed E-state index contributed by atoms with van der Waals surface area (Å²) >= 11 is 2.64. The number of hydrogen-bond acceptors (Lipinski definition) is 8. The molecule has 1 N–H and O–H groups in total. The molecular formula is C22H22N3O5S2-. The maximum absolute atomic E-state index is 12.9. The Balaban J connectivity index is 1.71. The highest BCUT2D eigenvalue weighted by molar-refractivity contribution is 7.99. The first kappa shape index (κ1) is 23.6. The predicted molar refractivity (Wildman–Crippen MR) is 123 cm³/mol. The minimum absolute atomic E-state index is 0.0462. The lowest BCUT2D eigenvalue weighted by Crippen LogP contribution is -2.27. The smallest absolute Gasteiger partial charge is 0.263 e. The molecule has 0 aliphatic heterocycles. The molecular weight excluding hydrogens is 450 g/mol. The van der Waals surface area contributed by atoms with Gasteiger partial charge >= 0.3 is 0 Å². The molecule has 0 bridgehead atoms. The van der Waals surface area contributed by atoms with Gasteiger partial charge in [0.1, 0.15) is 10.6 Å². The zero-order chi connectivity index (χ0) is 23.3. The Bertz CT molecular complexity index is 1230. The molecule has 3 rings (SSSR count). The SMILES string of the molecule is C=CCn1c(SCC(=O)NCc2ccc(OC)c(C(=O)[O-])c2)nc2sc(CC)cc2c1=O. The number of carboxylic acids is 1. The third kappa shape index (κ3) is 5.20. The average molecular weight is 473 g/mol. The Morgan fingerprint density at radius 1 is 1.38 bits per heavy atom. The van der Waals surface area contributed by atoms with Crippen molar-refractivity contribution in [3.8, 4) is 5.75 Å². The minimum atomic E-state index is -1.35. The normalized spacial score (nSPS) is 10.8. The molecule has 1 amide bonds. The summed E-state index contributed by atoms with van der Waals surface area (Å²) in [4.78, 5) is 42.8. The molecule has 10 heteroatoms. The Morgan fingerprint density at radius 2 is 2.16 bits per heavy atom. The van der Waals surface area contributed by atoms with Crippen molar-refractivity contribution in [3.05, 3.63) is 63.3 Å². The molecule has 0 aliphatic carbocycles. The van der Waals surface area contributed by atoms with E-state index in [-0.39, 0.29) is 35.1 Å². The van der Waals surface area contributed by atoms with Gasteiger partial charge < -0.3 is 20.0 Å². The first-order valence-electron chi connectivity index (χ1n) is 9.79. The van der Waals surface area contributed by atoms with Crippen LogP contribution in [0.25, 0.3) is 10.2 Å². The van der Waals surface area contributed by atoms with Crippen molar-refractivity contribution < 1.29 is 19.4 Å². The summed E-state index contributed by atoms with van der Waals surface area (Å²) in [5.74, 6) is -1.39. The maximum Gasteiger partial charge on any atom is 0.263 e. The molecule has 0 saturated heterocycles. The number of hydrogen-bond donors (Lipinski definition) is 1. The molecule has 2 heterocycles. The molecule has 8 nitrogen and oxygen atoms in total. The minimum Gasteiger partial charge on any atom is -0.545 e. The van der Waals surface area contributed by atoms with Crippen LogP contribution in [0.3, 0.4) is 0 Å². The van der Waals surface area contributed by atoms with Crippen LogP contribution < -0.4 is 20.7 Å². The molecule has 0 aliphatic rings. The molecule has 0 saturated carbocycles. The Kier molecular flexibility index (Phi) is 7.70. The Morgan fingerprint density at radius 3 is 2.81 bits per heavy atom. The van der Waals surface area contributed by atoms with Crippen molar-refractivity contribution in [1.82, 2.24) is 14.9 Å². The monoisotopic (exact) mass is 472 g/mol. The van der Waals surface area contributed by atoms with Crippen molar-refractivity contribution in [1.29, 1.82) is 0 Å². The summed E-state index contributed by atoms with van der Waals surface area (Å²) in [5, 5.41) is 15.0. The third-order valence-corrected chi connectivity index (χ3v) is 6.78. The van der Waals surface area contributed by atoms with Crippen LogP contribution in [0.5, 0.6) is 5.75 Å². The number of benzene rings is 1. The van der Waals surface area contributed by atoms with Crippen molar-refractivity contribution in [2.45, 2.75) is 31.6 Å². The van der Waals surface area contributed by atoms with Crippen LogP contribution in [0.15, 0.2) is 46.9 Å². The van der Waals surface area contributed by atoms with E-state index in [9.17, 15) is 19.5 Å². The van der Waals surface area contributed by atoms with Crippen molar-refractivity contribution in [3.63, 3.8) is 0 Å². The number of carbonyl (C=O) groups excluding carboxylic acids is 2. The number of thioether (sulfide) groups is 1. The molecule has 168 valence electrons. The molecule has 0 fully saturated rings. The number of carbonyl (C=O) groups is 2. The first-order chi connectivity index (χ1) is 15.4. The number of rotatable bonds is 10. The fraction of sp³-hybridized carbons (Fsp3) is 0.273. The van der Waals surface area contributed by atoms with Crippen molar-refractivity contribution >= 4 is 45.2 Å². The molecule has 32 heavy (non-hydrogen) atoms. The van der Waals surface area contributed by atoms with Gasteiger partial charge in [0, 0.05) is 23.5 Å². The standard InChI is InChI=1S/C22H23N3O5S2/c1-4-8-25-20(27)16-10-14(5-2)32-19(16)24-22(25)31-12-18(26)23-11-13-6-7-17(30-3)15(9-13)21(28)29/h4,6-7,9-10H,1,5,8,11-12H2,2-3H3,(H,23,26)(H,28,29)/p-1. The number of fused-ring (bicyclic) bond motifs is 1. The van der Waals surface area contributed by atoms with Gasteiger partial charge in [0.2, 0.25) is 5.91 Å². The van der Waals surface area contributed by atoms with Crippen molar-refractivity contribution in [2.24, 2.45) is 0 Å². The fourth-order valence-corrected chi connectivity index (χ4v) is 4.87. The van der Waals surface area contributed by atoms with Gasteiger partial charge in [0.15, 0.2) is 5.16 Å². The maximum atomic E-state index is 12.9. The lowest BCUT2D eigenvalue weighted by atomic mass is 10.1. The number of nitrogens with one attached hydrogen (secondary N) is 1. The van der Waals surface area contributed by atoms with Crippen molar-refractivity contribution in [2.75, 3.05) is 12.9 Å². The molecule has 0 spiro atoms. The van der Waals surface area contributed by atoms with E-state index < -0.39 is 5.97 Å². The van der Waals surface area contributed by atoms with Gasteiger partial charge in [-0.05, 0) is 30.2 Å². The highest BCUT2D eigenvalue weighted by atomic mass is 32.2. The second-order valence-electron chi connectivity index (χ2n) is 6.77. The second kappa shape index (κ2) is 10.5.